The summed E-state index contributed by atoms with van der Waals surface area (Å²) in [5.74, 6) is -2.15. The molecule has 0 aromatic carbocycles. The molecule has 1 rings (SSSR count). The first-order chi connectivity index (χ1) is 9.95. The highest BCUT2D eigenvalue weighted by Gasteiger charge is 2.25. The zero-order valence-electron chi connectivity index (χ0n) is 12.0. The van der Waals surface area contributed by atoms with E-state index in [2.05, 4.69) is 10.3 Å². The minimum absolute atomic E-state index is 0.0835. The van der Waals surface area contributed by atoms with Crippen molar-refractivity contribution in [2.75, 3.05) is 6.61 Å². The van der Waals surface area contributed by atoms with Gasteiger partial charge in [-0.1, -0.05) is 6.92 Å². The molecule has 0 aliphatic carbocycles. The topological polar surface area (TPSA) is 111 Å². The molecule has 114 valence electrons. The Hall–Kier alpha value is -2.44. The van der Waals surface area contributed by atoms with Crippen LogP contribution in [0, 0.1) is 5.92 Å². The molecule has 3 N–H and O–H groups in total. The fourth-order valence-corrected chi connectivity index (χ4v) is 1.72. The minimum Gasteiger partial charge on any atom is -0.466 e. The van der Waals surface area contributed by atoms with Gasteiger partial charge in [-0.2, -0.15) is 0 Å². The number of esters is 1. The molecule has 1 aromatic rings. The maximum Gasteiger partial charge on any atom is 0.308 e. The van der Waals surface area contributed by atoms with E-state index in [1.807, 2.05) is 0 Å². The first-order valence-corrected chi connectivity index (χ1v) is 6.62. The molecule has 0 saturated carbocycles. The second kappa shape index (κ2) is 7.98. The van der Waals surface area contributed by atoms with Crippen LogP contribution in [0.5, 0.6) is 0 Å². The summed E-state index contributed by atoms with van der Waals surface area (Å²) in [5, 5.41) is 2.50. The lowest BCUT2D eigenvalue weighted by Gasteiger charge is -2.18. The summed E-state index contributed by atoms with van der Waals surface area (Å²) in [6, 6.07) is 2.22. The number of aromatic nitrogens is 1. The van der Waals surface area contributed by atoms with E-state index in [0.717, 1.165) is 0 Å². The van der Waals surface area contributed by atoms with E-state index in [-0.39, 0.29) is 13.0 Å². The van der Waals surface area contributed by atoms with Crippen LogP contribution >= 0.6 is 0 Å². The average molecular weight is 293 g/mol. The Morgan fingerprint density at radius 2 is 2.14 bits per heavy atom. The zero-order chi connectivity index (χ0) is 15.8. The summed E-state index contributed by atoms with van der Waals surface area (Å²) in [6.45, 7) is 3.57. The lowest BCUT2D eigenvalue weighted by molar-refractivity contribution is -0.147. The number of rotatable bonds is 7. The number of nitrogens with two attached hydrogens (primary N) is 1. The van der Waals surface area contributed by atoms with E-state index in [0.29, 0.717) is 5.56 Å². The van der Waals surface area contributed by atoms with Gasteiger partial charge in [0.15, 0.2) is 0 Å². The number of nitrogens with zero attached hydrogens (tertiary/aromatic N) is 1. The SMILES string of the molecule is CCOC(=O)[C@@H](C)C[C@H](NC(=O)c1cccnc1)C(N)=O. The molecule has 21 heavy (non-hydrogen) atoms. The quantitative estimate of drug-likeness (QED) is 0.700. The third kappa shape index (κ3) is 5.21. The molecule has 0 aliphatic rings. The van der Waals surface area contributed by atoms with Crippen molar-refractivity contribution in [3.05, 3.63) is 30.1 Å². The molecule has 0 fully saturated rings. The van der Waals surface area contributed by atoms with Gasteiger partial charge in [-0.15, -0.1) is 0 Å². The molecule has 0 radical (unpaired) electrons. The molecule has 2 atom stereocenters. The molecule has 0 spiro atoms. The van der Waals surface area contributed by atoms with Crippen molar-refractivity contribution < 1.29 is 19.1 Å². The van der Waals surface area contributed by atoms with Gasteiger partial charge in [0.2, 0.25) is 5.91 Å². The van der Waals surface area contributed by atoms with Gasteiger partial charge in [-0.3, -0.25) is 19.4 Å². The van der Waals surface area contributed by atoms with E-state index in [1.54, 1.807) is 26.0 Å². The number of amides is 2. The van der Waals surface area contributed by atoms with Crippen LogP contribution < -0.4 is 11.1 Å². The zero-order valence-corrected chi connectivity index (χ0v) is 12.0. The predicted molar refractivity (Wildman–Crippen MR) is 75.1 cm³/mol. The lowest BCUT2D eigenvalue weighted by atomic mass is 10.0. The molecule has 0 aliphatic heterocycles. The molecule has 7 nitrogen and oxygen atoms in total. The highest BCUT2D eigenvalue weighted by Crippen LogP contribution is 2.09. The number of pyridine rings is 1. The Balaban J connectivity index is 2.68. The summed E-state index contributed by atoms with van der Waals surface area (Å²) in [7, 11) is 0. The van der Waals surface area contributed by atoms with Crippen LogP contribution in [0.3, 0.4) is 0 Å². The van der Waals surface area contributed by atoms with E-state index in [4.69, 9.17) is 10.5 Å². The van der Waals surface area contributed by atoms with Crippen LogP contribution in [0.4, 0.5) is 0 Å². The summed E-state index contributed by atoms with van der Waals surface area (Å²) >= 11 is 0. The van der Waals surface area contributed by atoms with Crippen molar-refractivity contribution >= 4 is 17.8 Å². The van der Waals surface area contributed by atoms with Crippen LogP contribution in [0.2, 0.25) is 0 Å². The third-order valence-corrected chi connectivity index (χ3v) is 2.85. The highest BCUT2D eigenvalue weighted by atomic mass is 16.5. The molecule has 1 heterocycles. The van der Waals surface area contributed by atoms with E-state index in [9.17, 15) is 14.4 Å². The third-order valence-electron chi connectivity index (χ3n) is 2.85. The number of carbonyl (C=O) groups excluding carboxylic acids is 3. The number of primary amides is 1. The number of ether oxygens (including phenoxy) is 1. The molecule has 1 aromatic heterocycles. The van der Waals surface area contributed by atoms with Crippen molar-refractivity contribution in [1.29, 1.82) is 0 Å². The van der Waals surface area contributed by atoms with E-state index in [1.165, 1.54) is 12.4 Å². The molecule has 2 amide bonds. The Bertz CT molecular complexity index is 504. The largest absolute Gasteiger partial charge is 0.466 e. The van der Waals surface area contributed by atoms with Crippen LogP contribution in [0.1, 0.15) is 30.6 Å². The van der Waals surface area contributed by atoms with Gasteiger partial charge in [0.1, 0.15) is 6.04 Å². The van der Waals surface area contributed by atoms with Gasteiger partial charge in [0.05, 0.1) is 18.1 Å². The molecule has 0 unspecified atom stereocenters. The molecular weight excluding hydrogens is 274 g/mol. The Kier molecular flexibility index (Phi) is 6.32. The van der Waals surface area contributed by atoms with Crippen LogP contribution in [0.25, 0.3) is 0 Å². The average Bonchev–Trinajstić information content (AvgIpc) is 2.47. The second-order valence-corrected chi connectivity index (χ2v) is 4.56. The van der Waals surface area contributed by atoms with Gasteiger partial charge < -0.3 is 15.8 Å². The van der Waals surface area contributed by atoms with Gasteiger partial charge in [0.25, 0.3) is 5.91 Å². The standard InChI is InChI=1S/C14H19N3O4/c1-3-21-14(20)9(2)7-11(12(15)18)17-13(19)10-5-4-6-16-8-10/h4-6,8-9,11H,3,7H2,1-2H3,(H2,15,18)(H,17,19)/t9-,11-/m0/s1. The summed E-state index contributed by atoms with van der Waals surface area (Å²) in [5.41, 5.74) is 5.58. The van der Waals surface area contributed by atoms with Crippen molar-refractivity contribution in [3.8, 4) is 0 Å². The van der Waals surface area contributed by atoms with Crippen molar-refractivity contribution in [2.24, 2.45) is 11.7 Å². The highest BCUT2D eigenvalue weighted by molar-refractivity contribution is 5.97. The normalized spacial score (nSPS) is 13.0. The van der Waals surface area contributed by atoms with E-state index < -0.39 is 29.7 Å². The van der Waals surface area contributed by atoms with Crippen molar-refractivity contribution in [3.63, 3.8) is 0 Å². The number of hydrogen-bond acceptors (Lipinski definition) is 5. The first kappa shape index (κ1) is 16.6. The lowest BCUT2D eigenvalue weighted by Crippen LogP contribution is -2.46. The maximum atomic E-state index is 12.0. The second-order valence-electron chi connectivity index (χ2n) is 4.56. The molecule has 0 bridgehead atoms. The van der Waals surface area contributed by atoms with Gasteiger partial charge >= 0.3 is 5.97 Å². The van der Waals surface area contributed by atoms with Crippen molar-refractivity contribution in [1.82, 2.24) is 10.3 Å². The summed E-state index contributed by atoms with van der Waals surface area (Å²) in [6.07, 6.45) is 2.99. The molecular formula is C14H19N3O4. The molecule has 7 heteroatoms. The Morgan fingerprint density at radius 3 is 2.67 bits per heavy atom. The van der Waals surface area contributed by atoms with Gasteiger partial charge in [0, 0.05) is 12.4 Å². The first-order valence-electron chi connectivity index (χ1n) is 6.62. The predicted octanol–water partition coefficient (Wildman–Crippen LogP) is 0.255. The molecule has 0 saturated heterocycles. The summed E-state index contributed by atoms with van der Waals surface area (Å²) < 4.78 is 4.86. The minimum atomic E-state index is -0.947. The monoisotopic (exact) mass is 293 g/mol. The van der Waals surface area contributed by atoms with E-state index >= 15 is 0 Å². The fraction of sp³-hybridized carbons (Fsp3) is 0.429. The number of hydrogen-bond donors (Lipinski definition) is 2. The number of carbonyl (C=O) groups is 3. The fourth-order valence-electron chi connectivity index (χ4n) is 1.72. The van der Waals surface area contributed by atoms with Gasteiger partial charge in [-0.05, 0) is 25.5 Å². The van der Waals surface area contributed by atoms with Crippen LogP contribution in [0.15, 0.2) is 24.5 Å². The van der Waals surface area contributed by atoms with Crippen LogP contribution in [-0.4, -0.2) is 35.4 Å². The van der Waals surface area contributed by atoms with Crippen molar-refractivity contribution in [2.45, 2.75) is 26.3 Å². The summed E-state index contributed by atoms with van der Waals surface area (Å²) in [4.78, 5) is 38.8. The Morgan fingerprint density at radius 1 is 1.43 bits per heavy atom. The smallest absolute Gasteiger partial charge is 0.308 e. The van der Waals surface area contributed by atoms with Crippen LogP contribution in [-0.2, 0) is 14.3 Å². The number of nitrogens with one attached hydrogen (secondary N) is 1. The van der Waals surface area contributed by atoms with Gasteiger partial charge in [-0.25, -0.2) is 0 Å². The maximum absolute atomic E-state index is 12.0. The Labute approximate surface area is 122 Å².